The average Bonchev–Trinajstić information content (AvgIpc) is 2.43. The largest absolute Gasteiger partial charge is 0.363 e. The van der Waals surface area contributed by atoms with Gasteiger partial charge in [-0.1, -0.05) is 60.7 Å². The van der Waals surface area contributed by atoms with E-state index in [9.17, 15) is 0 Å². The molecule has 0 spiro atoms. The normalized spacial score (nSPS) is 18.2. The Bertz CT molecular complexity index is 605. The molecule has 2 aromatic carbocycles. The molecular formula is C16H15N. The van der Waals surface area contributed by atoms with Crippen molar-refractivity contribution in [1.29, 1.82) is 0 Å². The van der Waals surface area contributed by atoms with Crippen LogP contribution in [0.4, 0.5) is 5.69 Å². The van der Waals surface area contributed by atoms with Crippen LogP contribution in [-0.2, 0) is 6.54 Å². The Balaban J connectivity index is 2.00. The van der Waals surface area contributed by atoms with Crippen LogP contribution < -0.4 is 4.90 Å². The topological polar surface area (TPSA) is 3.24 Å². The van der Waals surface area contributed by atoms with Gasteiger partial charge in [0.25, 0.3) is 0 Å². The van der Waals surface area contributed by atoms with Gasteiger partial charge in [0.05, 0.1) is 2.74 Å². The summed E-state index contributed by atoms with van der Waals surface area (Å²) in [4.78, 5) is 1.80. The Hall–Kier alpha value is -2.02. The zero-order valence-corrected chi connectivity index (χ0v) is 9.51. The molecule has 0 bridgehead atoms. The molecule has 0 saturated carbocycles. The van der Waals surface area contributed by atoms with Gasteiger partial charge in [0.15, 0.2) is 0 Å². The van der Waals surface area contributed by atoms with Crippen molar-refractivity contribution in [3.05, 3.63) is 71.8 Å². The minimum atomic E-state index is -1.45. The molecule has 1 heterocycles. The number of hydrogen-bond acceptors (Lipinski definition) is 1. The lowest BCUT2D eigenvalue weighted by Gasteiger charge is -2.28. The standard InChI is InChI=1S/C16H15N/c1-2-7-14(8-3-1)13-17-12-6-10-15-9-4-5-11-16(15)17/h1-11H,12-13H2/i12D2. The van der Waals surface area contributed by atoms with Gasteiger partial charge in [-0.2, -0.15) is 0 Å². The van der Waals surface area contributed by atoms with E-state index in [1.165, 1.54) is 0 Å². The number of nitrogens with zero attached hydrogens (tertiary/aromatic N) is 1. The van der Waals surface area contributed by atoms with Gasteiger partial charge < -0.3 is 4.90 Å². The third-order valence-electron chi connectivity index (χ3n) is 2.90. The smallest absolute Gasteiger partial charge is 0.0538 e. The van der Waals surface area contributed by atoms with Crippen molar-refractivity contribution in [3.8, 4) is 0 Å². The zero-order chi connectivity index (χ0) is 13.3. The summed E-state index contributed by atoms with van der Waals surface area (Å²) >= 11 is 0. The van der Waals surface area contributed by atoms with Crippen LogP contribution in [0.2, 0.25) is 0 Å². The third kappa shape index (κ3) is 2.09. The molecule has 0 N–H and O–H groups in total. The maximum atomic E-state index is 8.17. The molecule has 0 fully saturated rings. The van der Waals surface area contributed by atoms with Crippen molar-refractivity contribution in [1.82, 2.24) is 0 Å². The summed E-state index contributed by atoms with van der Waals surface area (Å²) in [5, 5.41) is 0. The Morgan fingerprint density at radius 1 is 1.00 bits per heavy atom. The molecule has 17 heavy (non-hydrogen) atoms. The fourth-order valence-corrected chi connectivity index (χ4v) is 2.06. The molecule has 0 unspecified atom stereocenters. The molecule has 3 rings (SSSR count). The first-order valence-corrected chi connectivity index (χ1v) is 5.77. The molecule has 0 radical (unpaired) electrons. The number of anilines is 1. The van der Waals surface area contributed by atoms with Crippen LogP contribution in [0.5, 0.6) is 0 Å². The lowest BCUT2D eigenvalue weighted by Crippen LogP contribution is -2.25. The predicted octanol–water partition coefficient (Wildman–Crippen LogP) is 3.72. The second-order valence-electron chi connectivity index (χ2n) is 4.09. The minimum absolute atomic E-state index is 0.565. The lowest BCUT2D eigenvalue weighted by molar-refractivity contribution is 0.861. The van der Waals surface area contributed by atoms with Crippen molar-refractivity contribution >= 4 is 11.8 Å². The van der Waals surface area contributed by atoms with Crippen LogP contribution in [-0.4, -0.2) is 6.50 Å². The van der Waals surface area contributed by atoms with Gasteiger partial charge in [0, 0.05) is 18.7 Å². The molecule has 0 aliphatic carbocycles. The molecular weight excluding hydrogens is 206 g/mol. The molecule has 1 nitrogen and oxygen atoms in total. The highest BCUT2D eigenvalue weighted by Gasteiger charge is 2.11. The SMILES string of the molecule is [2H]C1([2H])C=Cc2ccccc2N1Cc1ccccc1. The first-order valence-electron chi connectivity index (χ1n) is 6.77. The quantitative estimate of drug-likeness (QED) is 0.750. The fourth-order valence-electron chi connectivity index (χ4n) is 2.06. The van der Waals surface area contributed by atoms with E-state index in [0.717, 1.165) is 16.8 Å². The van der Waals surface area contributed by atoms with Gasteiger partial charge in [-0.05, 0) is 17.2 Å². The van der Waals surface area contributed by atoms with Gasteiger partial charge in [-0.3, -0.25) is 0 Å². The average molecular weight is 223 g/mol. The van der Waals surface area contributed by atoms with E-state index >= 15 is 0 Å². The van der Waals surface area contributed by atoms with Crippen LogP contribution in [0.25, 0.3) is 6.08 Å². The zero-order valence-electron chi connectivity index (χ0n) is 11.5. The summed E-state index contributed by atoms with van der Waals surface area (Å²) in [7, 11) is 0. The maximum absolute atomic E-state index is 8.17. The lowest BCUT2D eigenvalue weighted by atomic mass is 10.1. The molecule has 2 aromatic rings. The van der Waals surface area contributed by atoms with Crippen molar-refractivity contribution in [2.45, 2.75) is 6.54 Å². The summed E-state index contributed by atoms with van der Waals surface area (Å²) < 4.78 is 16.3. The van der Waals surface area contributed by atoms with Crippen LogP contribution in [0.1, 0.15) is 13.9 Å². The summed E-state index contributed by atoms with van der Waals surface area (Å²) in [6.45, 7) is -0.889. The van der Waals surface area contributed by atoms with Crippen LogP contribution in [0.3, 0.4) is 0 Å². The van der Waals surface area contributed by atoms with E-state index in [0.29, 0.717) is 6.54 Å². The third-order valence-corrected chi connectivity index (χ3v) is 2.90. The van der Waals surface area contributed by atoms with Crippen LogP contribution in [0, 0.1) is 0 Å². The molecule has 0 aromatic heterocycles. The van der Waals surface area contributed by atoms with Gasteiger partial charge in [0.1, 0.15) is 0 Å². The number of rotatable bonds is 2. The highest BCUT2D eigenvalue weighted by Crippen LogP contribution is 2.26. The fraction of sp³-hybridized carbons (Fsp3) is 0.125. The van der Waals surface area contributed by atoms with Gasteiger partial charge in [-0.25, -0.2) is 0 Å². The van der Waals surface area contributed by atoms with Crippen molar-refractivity contribution < 1.29 is 2.74 Å². The van der Waals surface area contributed by atoms with Gasteiger partial charge in [-0.15, -0.1) is 0 Å². The number of fused-ring (bicyclic) bond motifs is 1. The van der Waals surface area contributed by atoms with E-state index in [1.807, 2.05) is 60.7 Å². The Morgan fingerprint density at radius 3 is 2.65 bits per heavy atom. The van der Waals surface area contributed by atoms with Crippen molar-refractivity contribution in [2.75, 3.05) is 11.4 Å². The molecule has 0 atom stereocenters. The molecule has 0 amide bonds. The summed E-state index contributed by atoms with van der Waals surface area (Å²) in [6.07, 6.45) is 3.48. The van der Waals surface area contributed by atoms with Gasteiger partial charge in [0.2, 0.25) is 0 Å². The number of para-hydroxylation sites is 1. The second kappa shape index (κ2) is 4.46. The minimum Gasteiger partial charge on any atom is -0.363 e. The molecule has 1 heteroatoms. The highest BCUT2D eigenvalue weighted by atomic mass is 15.1. The van der Waals surface area contributed by atoms with E-state index in [4.69, 9.17) is 2.74 Å². The predicted molar refractivity (Wildman–Crippen MR) is 73.0 cm³/mol. The summed E-state index contributed by atoms with van der Waals surface area (Å²) in [6, 6.07) is 17.9. The summed E-state index contributed by atoms with van der Waals surface area (Å²) in [5.41, 5.74) is 3.11. The summed E-state index contributed by atoms with van der Waals surface area (Å²) in [5.74, 6) is 0. The van der Waals surface area contributed by atoms with E-state index in [2.05, 4.69) is 0 Å². The van der Waals surface area contributed by atoms with Gasteiger partial charge >= 0.3 is 0 Å². The Kier molecular flexibility index (Phi) is 2.13. The van der Waals surface area contributed by atoms with E-state index < -0.39 is 6.50 Å². The van der Waals surface area contributed by atoms with E-state index in [1.54, 1.807) is 11.0 Å². The van der Waals surface area contributed by atoms with Crippen molar-refractivity contribution in [2.24, 2.45) is 0 Å². The number of hydrogen-bond donors (Lipinski definition) is 0. The van der Waals surface area contributed by atoms with Crippen LogP contribution >= 0.6 is 0 Å². The van der Waals surface area contributed by atoms with Crippen LogP contribution in [0.15, 0.2) is 60.7 Å². The molecule has 1 aliphatic rings. The second-order valence-corrected chi connectivity index (χ2v) is 4.09. The molecule has 84 valence electrons. The first-order chi connectivity index (χ1) is 9.17. The Morgan fingerprint density at radius 2 is 1.76 bits per heavy atom. The number of benzene rings is 2. The highest BCUT2D eigenvalue weighted by molar-refractivity contribution is 5.71. The first kappa shape index (κ1) is 8.13. The maximum Gasteiger partial charge on any atom is 0.0538 e. The van der Waals surface area contributed by atoms with E-state index in [-0.39, 0.29) is 0 Å². The molecule has 0 saturated heterocycles. The van der Waals surface area contributed by atoms with Crippen molar-refractivity contribution in [3.63, 3.8) is 0 Å². The Labute approximate surface area is 105 Å². The molecule has 1 aliphatic heterocycles. The monoisotopic (exact) mass is 223 g/mol.